The summed E-state index contributed by atoms with van der Waals surface area (Å²) in [7, 11) is 2.25. The van der Waals surface area contributed by atoms with E-state index in [4.69, 9.17) is 0 Å². The van der Waals surface area contributed by atoms with Crippen molar-refractivity contribution in [3.05, 3.63) is 27.8 Å². The van der Waals surface area contributed by atoms with Gasteiger partial charge in [0.1, 0.15) is 0 Å². The molecule has 0 spiro atoms. The van der Waals surface area contributed by atoms with E-state index in [0.717, 1.165) is 18.1 Å². The minimum Gasteiger partial charge on any atom is -0.366 e. The molecule has 4 rings (SSSR count). The van der Waals surface area contributed by atoms with Gasteiger partial charge in [0, 0.05) is 40.5 Å². The maximum absolute atomic E-state index is 2.83. The summed E-state index contributed by atoms with van der Waals surface area (Å²) < 4.78 is 1.33. The Morgan fingerprint density at radius 2 is 1.67 bits per heavy atom. The van der Waals surface area contributed by atoms with Gasteiger partial charge in [-0.15, -0.1) is 0 Å². The molecular formula is C17H24IN3. The maximum atomic E-state index is 2.83. The molecular weight excluding hydrogens is 373 g/mol. The predicted octanol–water partition coefficient (Wildman–Crippen LogP) is 2.65. The highest BCUT2D eigenvalue weighted by molar-refractivity contribution is 14.1. The maximum Gasteiger partial charge on any atom is 0.0433 e. The first-order chi connectivity index (χ1) is 10.2. The molecule has 3 aliphatic rings. The fourth-order valence-electron chi connectivity index (χ4n) is 4.42. The summed E-state index contributed by atoms with van der Waals surface area (Å²) in [5, 5.41) is 0. The highest BCUT2D eigenvalue weighted by Crippen LogP contribution is 2.37. The van der Waals surface area contributed by atoms with Crippen molar-refractivity contribution >= 4 is 28.3 Å². The van der Waals surface area contributed by atoms with Crippen molar-refractivity contribution in [2.24, 2.45) is 0 Å². The number of piperazine rings is 1. The largest absolute Gasteiger partial charge is 0.366 e. The van der Waals surface area contributed by atoms with Crippen LogP contribution < -0.4 is 4.90 Å². The lowest BCUT2D eigenvalue weighted by atomic mass is 10.0. The van der Waals surface area contributed by atoms with Crippen molar-refractivity contribution in [1.29, 1.82) is 0 Å². The summed E-state index contributed by atoms with van der Waals surface area (Å²) in [6.07, 6.45) is 4.10. The molecule has 3 aliphatic heterocycles. The Labute approximate surface area is 141 Å². The normalized spacial score (nSPS) is 31.2. The third-order valence-electron chi connectivity index (χ3n) is 5.60. The lowest BCUT2D eigenvalue weighted by molar-refractivity contribution is 0.104. The van der Waals surface area contributed by atoms with E-state index in [9.17, 15) is 0 Å². The molecule has 0 saturated carbocycles. The van der Waals surface area contributed by atoms with Crippen LogP contribution in [0.3, 0.4) is 0 Å². The summed E-state index contributed by atoms with van der Waals surface area (Å²) in [5.41, 5.74) is 1.42. The first kappa shape index (κ1) is 14.3. The Bertz CT molecular complexity index is 495. The topological polar surface area (TPSA) is 9.72 Å². The molecule has 3 fully saturated rings. The number of hydrogen-bond donors (Lipinski definition) is 0. The Morgan fingerprint density at radius 3 is 2.29 bits per heavy atom. The summed E-state index contributed by atoms with van der Waals surface area (Å²) in [4.78, 5) is 7.95. The Hall–Kier alpha value is -0.330. The van der Waals surface area contributed by atoms with Crippen LogP contribution in [0.1, 0.15) is 19.3 Å². The minimum atomic E-state index is 0.745. The van der Waals surface area contributed by atoms with Crippen LogP contribution in [0.25, 0.3) is 0 Å². The number of nitrogens with zero attached hydrogens (tertiary/aromatic N) is 3. The van der Waals surface area contributed by atoms with E-state index >= 15 is 0 Å². The molecule has 2 atom stereocenters. The number of hydrogen-bond acceptors (Lipinski definition) is 3. The highest BCUT2D eigenvalue weighted by atomic mass is 127. The SMILES string of the molecule is CN1CCC(N2CC3CC2CN3c2ccc(I)cc2)CC1. The molecule has 0 aromatic heterocycles. The van der Waals surface area contributed by atoms with Crippen LogP contribution in [-0.4, -0.2) is 61.2 Å². The van der Waals surface area contributed by atoms with Crippen molar-refractivity contribution < 1.29 is 0 Å². The summed E-state index contributed by atoms with van der Waals surface area (Å²) in [6, 6.07) is 11.4. The van der Waals surface area contributed by atoms with E-state index in [1.807, 2.05) is 0 Å². The predicted molar refractivity (Wildman–Crippen MR) is 95.9 cm³/mol. The van der Waals surface area contributed by atoms with Crippen LogP contribution in [0.2, 0.25) is 0 Å². The zero-order valence-electron chi connectivity index (χ0n) is 12.7. The van der Waals surface area contributed by atoms with Gasteiger partial charge in [0.2, 0.25) is 0 Å². The van der Waals surface area contributed by atoms with E-state index in [-0.39, 0.29) is 0 Å². The standard InChI is InChI=1S/C17H24IN3/c1-19-8-6-15(7-9-19)21-12-16-10-17(21)11-20(16)14-4-2-13(18)3-5-14/h2-5,15-17H,6-12H2,1H3. The van der Waals surface area contributed by atoms with Crippen molar-refractivity contribution in [2.45, 2.75) is 37.4 Å². The lowest BCUT2D eigenvalue weighted by Crippen LogP contribution is -2.53. The van der Waals surface area contributed by atoms with E-state index in [1.165, 1.54) is 54.7 Å². The van der Waals surface area contributed by atoms with Crippen LogP contribution in [0.5, 0.6) is 0 Å². The number of fused-ring (bicyclic) bond motifs is 2. The number of halogens is 1. The van der Waals surface area contributed by atoms with Crippen molar-refractivity contribution in [3.8, 4) is 0 Å². The first-order valence-corrected chi connectivity index (χ1v) is 9.25. The monoisotopic (exact) mass is 397 g/mol. The number of anilines is 1. The van der Waals surface area contributed by atoms with E-state index in [0.29, 0.717) is 0 Å². The van der Waals surface area contributed by atoms with Crippen LogP contribution >= 0.6 is 22.6 Å². The molecule has 3 saturated heterocycles. The first-order valence-electron chi connectivity index (χ1n) is 8.17. The van der Waals surface area contributed by atoms with Crippen LogP contribution in [0.15, 0.2) is 24.3 Å². The van der Waals surface area contributed by atoms with Gasteiger partial charge in [-0.05, 0) is 86.3 Å². The number of rotatable bonds is 2. The molecule has 1 aromatic carbocycles. The van der Waals surface area contributed by atoms with Crippen LogP contribution in [0, 0.1) is 3.57 Å². The average Bonchev–Trinajstić information content (AvgIpc) is 3.09. The third kappa shape index (κ3) is 2.70. The zero-order valence-corrected chi connectivity index (χ0v) is 14.9. The van der Waals surface area contributed by atoms with Gasteiger partial charge < -0.3 is 9.80 Å². The molecule has 1 aromatic rings. The van der Waals surface area contributed by atoms with E-state index in [1.54, 1.807) is 0 Å². The van der Waals surface area contributed by atoms with Crippen molar-refractivity contribution in [3.63, 3.8) is 0 Å². The fraction of sp³-hybridized carbons (Fsp3) is 0.647. The molecule has 3 nitrogen and oxygen atoms in total. The summed E-state index contributed by atoms with van der Waals surface area (Å²) in [5.74, 6) is 0. The smallest absolute Gasteiger partial charge is 0.0433 e. The number of benzene rings is 1. The highest BCUT2D eigenvalue weighted by Gasteiger charge is 2.45. The molecule has 3 heterocycles. The second-order valence-electron chi connectivity index (χ2n) is 6.90. The fourth-order valence-corrected chi connectivity index (χ4v) is 4.78. The second kappa shape index (κ2) is 5.70. The molecule has 4 heteroatoms. The third-order valence-corrected chi connectivity index (χ3v) is 6.32. The lowest BCUT2D eigenvalue weighted by Gasteiger charge is -2.42. The molecule has 114 valence electrons. The summed E-state index contributed by atoms with van der Waals surface area (Å²) >= 11 is 2.39. The average molecular weight is 397 g/mol. The van der Waals surface area contributed by atoms with Crippen LogP contribution in [0.4, 0.5) is 5.69 Å². The molecule has 2 unspecified atom stereocenters. The van der Waals surface area contributed by atoms with E-state index in [2.05, 4.69) is 68.6 Å². The Morgan fingerprint density at radius 1 is 0.952 bits per heavy atom. The van der Waals surface area contributed by atoms with Gasteiger partial charge in [0.15, 0.2) is 0 Å². The van der Waals surface area contributed by atoms with Gasteiger partial charge in [-0.2, -0.15) is 0 Å². The zero-order chi connectivity index (χ0) is 14.4. The van der Waals surface area contributed by atoms with Gasteiger partial charge in [0.05, 0.1) is 0 Å². The van der Waals surface area contributed by atoms with Gasteiger partial charge in [-0.1, -0.05) is 0 Å². The second-order valence-corrected chi connectivity index (χ2v) is 8.15. The van der Waals surface area contributed by atoms with Crippen molar-refractivity contribution in [1.82, 2.24) is 9.80 Å². The van der Waals surface area contributed by atoms with Gasteiger partial charge in [-0.3, -0.25) is 4.90 Å². The number of likely N-dealkylation sites (tertiary alicyclic amines) is 2. The van der Waals surface area contributed by atoms with E-state index < -0.39 is 0 Å². The van der Waals surface area contributed by atoms with Crippen molar-refractivity contribution in [2.75, 3.05) is 38.1 Å². The molecule has 0 radical (unpaired) electrons. The quantitative estimate of drug-likeness (QED) is 0.711. The molecule has 2 bridgehead atoms. The summed E-state index contributed by atoms with van der Waals surface area (Å²) in [6.45, 7) is 5.07. The Kier molecular flexibility index (Phi) is 3.88. The molecule has 21 heavy (non-hydrogen) atoms. The Balaban J connectivity index is 1.42. The van der Waals surface area contributed by atoms with Crippen LogP contribution in [-0.2, 0) is 0 Å². The van der Waals surface area contributed by atoms with Gasteiger partial charge >= 0.3 is 0 Å². The molecule has 0 aliphatic carbocycles. The minimum absolute atomic E-state index is 0.745. The van der Waals surface area contributed by atoms with Gasteiger partial charge in [-0.25, -0.2) is 0 Å². The number of piperidine rings is 1. The molecule has 0 N–H and O–H groups in total. The van der Waals surface area contributed by atoms with Gasteiger partial charge in [0.25, 0.3) is 0 Å². The molecule has 0 amide bonds.